The molecule has 184 valence electrons. The van der Waals surface area contributed by atoms with E-state index in [1.165, 1.54) is 39.3 Å². The number of hydrogen-bond donors (Lipinski definition) is 0. The van der Waals surface area contributed by atoms with Crippen molar-refractivity contribution in [3.63, 3.8) is 0 Å². The molecule has 1 heterocycles. The third-order valence-electron chi connectivity index (χ3n) is 6.83. The van der Waals surface area contributed by atoms with Crippen molar-refractivity contribution in [2.45, 2.75) is 86.0 Å². The summed E-state index contributed by atoms with van der Waals surface area (Å²) >= 11 is 0. The molecular formula is C29H43LiN2P2Si. The molecule has 0 fully saturated rings. The summed E-state index contributed by atoms with van der Waals surface area (Å²) in [4.78, 5) is 0. The molecule has 0 aromatic heterocycles. The van der Waals surface area contributed by atoms with Crippen LogP contribution in [0.25, 0.3) is 0 Å². The molecule has 2 aromatic rings. The van der Waals surface area contributed by atoms with Gasteiger partial charge in [0.1, 0.15) is 7.73 Å². The Kier molecular flexibility index (Phi) is 10.2. The molecule has 0 saturated heterocycles. The van der Waals surface area contributed by atoms with E-state index in [1.807, 2.05) is 0 Å². The minimum atomic E-state index is -2.55. The average Bonchev–Trinajstić information content (AvgIpc) is 2.72. The van der Waals surface area contributed by atoms with E-state index in [-0.39, 0.29) is 18.9 Å². The van der Waals surface area contributed by atoms with Crippen LogP contribution in [0.1, 0.15) is 108 Å². The van der Waals surface area contributed by atoms with Crippen molar-refractivity contribution in [2.24, 2.45) is 0 Å². The third-order valence-corrected chi connectivity index (χ3v) is 12.2. The van der Waals surface area contributed by atoms with Gasteiger partial charge in [-0.05, 0) is 58.9 Å². The van der Waals surface area contributed by atoms with Gasteiger partial charge in [0.2, 0.25) is 0 Å². The molecule has 35 heavy (non-hydrogen) atoms. The minimum Gasteiger partial charge on any atom is -0.509 e. The van der Waals surface area contributed by atoms with E-state index in [0.717, 1.165) is 5.70 Å². The zero-order chi connectivity index (χ0) is 25.5. The number of anilines is 2. The van der Waals surface area contributed by atoms with Crippen LogP contribution in [0.3, 0.4) is 0 Å². The summed E-state index contributed by atoms with van der Waals surface area (Å²) < 4.78 is 5.11. The van der Waals surface area contributed by atoms with Crippen molar-refractivity contribution in [3.8, 4) is 0 Å². The summed E-state index contributed by atoms with van der Waals surface area (Å²) in [5.74, 6) is 1.68. The Bertz CT molecular complexity index is 1050. The molecular weight excluding hydrogens is 473 g/mol. The van der Waals surface area contributed by atoms with Gasteiger partial charge in [-0.15, -0.1) is 8.79 Å². The van der Waals surface area contributed by atoms with Crippen LogP contribution < -0.4 is 28.0 Å². The molecule has 0 radical (unpaired) electrons. The van der Waals surface area contributed by atoms with Crippen LogP contribution in [0.5, 0.6) is 0 Å². The van der Waals surface area contributed by atoms with E-state index in [4.69, 9.17) is 0 Å². The predicted octanol–water partition coefficient (Wildman–Crippen LogP) is 6.38. The first-order valence-corrected chi connectivity index (χ1v) is 17.8. The summed E-state index contributed by atoms with van der Waals surface area (Å²) in [7, 11) is 5.15. The maximum atomic E-state index is 4.58. The second-order valence-corrected chi connectivity index (χ2v) is 19.6. The number of benzene rings is 2. The molecule has 2 unspecified atom stereocenters. The number of allylic oxidation sites excluding steroid dienone is 2. The van der Waals surface area contributed by atoms with Crippen LogP contribution in [-0.2, 0) is 0 Å². The fourth-order valence-corrected chi connectivity index (χ4v) is 11.2. The molecule has 0 bridgehead atoms. The summed E-state index contributed by atoms with van der Waals surface area (Å²) in [6.45, 7) is 25.2. The van der Waals surface area contributed by atoms with Crippen molar-refractivity contribution in [1.29, 1.82) is 0 Å². The predicted molar refractivity (Wildman–Crippen MR) is 161 cm³/mol. The smallest absolute Gasteiger partial charge is 0.509 e. The molecule has 0 amide bonds. The van der Waals surface area contributed by atoms with Crippen LogP contribution in [-0.4, -0.2) is 7.73 Å². The van der Waals surface area contributed by atoms with Crippen LogP contribution in [0, 0.1) is 0 Å². The van der Waals surface area contributed by atoms with Crippen molar-refractivity contribution in [2.75, 3.05) is 9.13 Å². The molecule has 0 N–H and O–H groups in total. The van der Waals surface area contributed by atoms with Gasteiger partial charge in [0.15, 0.2) is 0 Å². The monoisotopic (exact) mass is 516 g/mol. The van der Waals surface area contributed by atoms with E-state index in [1.54, 1.807) is 0 Å². The summed E-state index contributed by atoms with van der Waals surface area (Å²) in [5, 5.41) is 0. The van der Waals surface area contributed by atoms with Crippen LogP contribution in [0.2, 0.25) is 0 Å². The van der Waals surface area contributed by atoms with Gasteiger partial charge in [-0.3, -0.25) is 0 Å². The van der Waals surface area contributed by atoms with Gasteiger partial charge < -0.3 is 17.9 Å². The second-order valence-electron chi connectivity index (χ2n) is 10.9. The Hall–Kier alpha value is -0.806. The normalized spacial score (nSPS) is 18.6. The van der Waals surface area contributed by atoms with E-state index in [2.05, 4.69) is 138 Å². The van der Waals surface area contributed by atoms with E-state index < -0.39 is 7.73 Å². The van der Waals surface area contributed by atoms with Gasteiger partial charge in [0.25, 0.3) is 0 Å². The number of rotatable bonds is 6. The van der Waals surface area contributed by atoms with Crippen LogP contribution in [0.4, 0.5) is 11.4 Å². The summed E-state index contributed by atoms with van der Waals surface area (Å²) in [6.07, 6.45) is 2.26. The fourth-order valence-electron chi connectivity index (χ4n) is 5.16. The van der Waals surface area contributed by atoms with Crippen LogP contribution in [0.15, 0.2) is 60.4 Å². The van der Waals surface area contributed by atoms with Gasteiger partial charge in [-0.2, -0.15) is 0 Å². The number of nitrogens with zero attached hydrogens (tertiary/aromatic N) is 2. The first-order valence-electron chi connectivity index (χ1n) is 12.6. The molecule has 2 nitrogen and oxygen atoms in total. The van der Waals surface area contributed by atoms with Crippen molar-refractivity contribution in [1.82, 2.24) is 0 Å². The SMILES string of the molecule is C=C1C=C(C)N(c2c(C(C)C)cccc2C(C)C)[Si]([PH-])(P)N1c1c(C(C)C)cccc1C(C)C.[Li+]. The summed E-state index contributed by atoms with van der Waals surface area (Å²) in [5.41, 5.74) is 10.5. The molecule has 1 aliphatic rings. The molecule has 2 atom stereocenters. The first kappa shape index (κ1) is 30.4. The van der Waals surface area contributed by atoms with Gasteiger partial charge in [0, 0.05) is 22.8 Å². The Labute approximate surface area is 232 Å². The van der Waals surface area contributed by atoms with Crippen molar-refractivity contribution >= 4 is 36.7 Å². The molecule has 2 aromatic carbocycles. The molecule has 0 spiro atoms. The summed E-state index contributed by atoms with van der Waals surface area (Å²) in [6, 6.07) is 13.6. The van der Waals surface area contributed by atoms with Gasteiger partial charge in [-0.25, -0.2) is 0 Å². The maximum absolute atomic E-state index is 4.58. The van der Waals surface area contributed by atoms with Gasteiger partial charge >= 0.3 is 18.9 Å². The first-order chi connectivity index (χ1) is 15.8. The van der Waals surface area contributed by atoms with E-state index >= 15 is 0 Å². The van der Waals surface area contributed by atoms with Gasteiger partial charge in [-0.1, -0.05) is 98.4 Å². The Morgan fingerprint density at radius 3 is 1.34 bits per heavy atom. The van der Waals surface area contributed by atoms with E-state index in [9.17, 15) is 0 Å². The standard InChI is InChI=1S/C29H43N2P2Si.Li/c1-18(2)24-13-11-14-25(19(3)4)28(24)30-22(9)17-23(10)31(34(30,32)33)29-26(20(5)6)15-12-16-27(29)21(7)8;/h11-21,32H,9,33H2,1-8,10H3;/q-1;+1. The molecule has 1 aliphatic heterocycles. The van der Waals surface area contributed by atoms with Crippen molar-refractivity contribution in [3.05, 3.63) is 82.7 Å². The van der Waals surface area contributed by atoms with E-state index in [0.29, 0.717) is 23.7 Å². The molecule has 0 aliphatic carbocycles. The van der Waals surface area contributed by atoms with Crippen molar-refractivity contribution < 1.29 is 18.9 Å². The minimum absolute atomic E-state index is 0. The molecule has 3 rings (SSSR count). The Morgan fingerprint density at radius 1 is 0.714 bits per heavy atom. The second kappa shape index (κ2) is 11.7. The fraction of sp³-hybridized carbons (Fsp3) is 0.448. The topological polar surface area (TPSA) is 6.48 Å². The average molecular weight is 517 g/mol. The third kappa shape index (κ3) is 5.71. The number of para-hydroxylation sites is 2. The quantitative estimate of drug-likeness (QED) is 0.325. The Morgan fingerprint density at radius 2 is 1.03 bits per heavy atom. The van der Waals surface area contributed by atoms with Crippen LogP contribution >= 0.6 is 17.6 Å². The molecule has 6 heteroatoms. The van der Waals surface area contributed by atoms with Gasteiger partial charge in [0.05, 0.1) is 0 Å². The zero-order valence-electron chi connectivity index (χ0n) is 23.5. The molecule has 0 saturated carbocycles. The largest absolute Gasteiger partial charge is 1.00 e. The number of hydrogen-bond acceptors (Lipinski definition) is 2. The zero-order valence-corrected chi connectivity index (χ0v) is 26.7. The Balaban J connectivity index is 0.00000432. The maximum Gasteiger partial charge on any atom is 1.00 e.